The lowest BCUT2D eigenvalue weighted by Gasteiger charge is -2.18. The standard InChI is InChI=1S/C18H21N3O4/c22-16-11-21(10-14(16)7-15-8-19-5-6-20-15)9-13-3-1-2-4-17(13)25-12-18(23)24/h1-6,8,14,16,22H,7,9-12H2,(H,23,24)/t14-,16-/m1/s1. The zero-order valence-corrected chi connectivity index (χ0v) is 13.8. The summed E-state index contributed by atoms with van der Waals surface area (Å²) < 4.78 is 5.35. The van der Waals surface area contributed by atoms with Crippen LogP contribution in [-0.4, -0.2) is 56.9 Å². The van der Waals surface area contributed by atoms with E-state index in [4.69, 9.17) is 9.84 Å². The maximum Gasteiger partial charge on any atom is 0.341 e. The Morgan fingerprint density at radius 2 is 2.12 bits per heavy atom. The Kier molecular flexibility index (Phi) is 5.57. The largest absolute Gasteiger partial charge is 0.482 e. The molecule has 2 aromatic rings. The second-order valence-corrected chi connectivity index (χ2v) is 6.21. The van der Waals surface area contributed by atoms with Crippen molar-refractivity contribution in [1.29, 1.82) is 0 Å². The number of rotatable bonds is 7. The van der Waals surface area contributed by atoms with Crippen LogP contribution in [0.1, 0.15) is 11.3 Å². The van der Waals surface area contributed by atoms with Crippen LogP contribution in [0.15, 0.2) is 42.9 Å². The lowest BCUT2D eigenvalue weighted by atomic mass is 10.0. The molecule has 0 unspecified atom stereocenters. The molecular formula is C18H21N3O4. The number of carboxylic acids is 1. The van der Waals surface area contributed by atoms with Crippen molar-refractivity contribution < 1.29 is 19.7 Å². The van der Waals surface area contributed by atoms with Crippen molar-refractivity contribution in [2.75, 3.05) is 19.7 Å². The van der Waals surface area contributed by atoms with Crippen molar-refractivity contribution in [1.82, 2.24) is 14.9 Å². The molecule has 7 nitrogen and oxygen atoms in total. The van der Waals surface area contributed by atoms with Gasteiger partial charge in [0.1, 0.15) is 5.75 Å². The highest BCUT2D eigenvalue weighted by Crippen LogP contribution is 2.25. The molecule has 1 aromatic carbocycles. The van der Waals surface area contributed by atoms with E-state index in [1.165, 1.54) is 0 Å². The first-order chi connectivity index (χ1) is 12.1. The molecule has 3 rings (SSSR count). The molecule has 1 aromatic heterocycles. The number of para-hydroxylation sites is 1. The number of aliphatic hydroxyl groups is 1. The highest BCUT2D eigenvalue weighted by atomic mass is 16.5. The topological polar surface area (TPSA) is 95.8 Å². The SMILES string of the molecule is O=C(O)COc1ccccc1CN1C[C@@H](Cc2cnccn2)[C@H](O)C1. The lowest BCUT2D eigenvalue weighted by molar-refractivity contribution is -0.139. The van der Waals surface area contributed by atoms with Gasteiger partial charge in [0.2, 0.25) is 0 Å². The normalized spacial score (nSPS) is 20.5. The molecule has 1 saturated heterocycles. The summed E-state index contributed by atoms with van der Waals surface area (Å²) in [5.41, 5.74) is 1.79. The van der Waals surface area contributed by atoms with Crippen LogP contribution < -0.4 is 4.74 Å². The number of aromatic nitrogens is 2. The Labute approximate surface area is 145 Å². The van der Waals surface area contributed by atoms with Crippen molar-refractivity contribution >= 4 is 5.97 Å². The molecule has 25 heavy (non-hydrogen) atoms. The van der Waals surface area contributed by atoms with Crippen LogP contribution in [0.25, 0.3) is 0 Å². The number of nitrogens with zero attached hydrogens (tertiary/aromatic N) is 3. The summed E-state index contributed by atoms with van der Waals surface area (Å²) in [7, 11) is 0. The van der Waals surface area contributed by atoms with Gasteiger partial charge in [0.25, 0.3) is 0 Å². The number of carboxylic acid groups (broad SMARTS) is 1. The Morgan fingerprint density at radius 1 is 1.28 bits per heavy atom. The molecule has 1 aliphatic rings. The summed E-state index contributed by atoms with van der Waals surface area (Å²) in [5.74, 6) is -0.337. The first kappa shape index (κ1) is 17.3. The quantitative estimate of drug-likeness (QED) is 0.773. The Morgan fingerprint density at radius 3 is 2.88 bits per heavy atom. The van der Waals surface area contributed by atoms with E-state index in [2.05, 4.69) is 14.9 Å². The maximum absolute atomic E-state index is 10.7. The number of aliphatic carboxylic acids is 1. The maximum atomic E-state index is 10.7. The highest BCUT2D eigenvalue weighted by molar-refractivity contribution is 5.68. The number of ether oxygens (including phenoxy) is 1. The molecule has 0 aliphatic carbocycles. The molecule has 0 radical (unpaired) electrons. The van der Waals surface area contributed by atoms with Crippen molar-refractivity contribution in [3.63, 3.8) is 0 Å². The second-order valence-electron chi connectivity index (χ2n) is 6.21. The monoisotopic (exact) mass is 343 g/mol. The molecule has 2 N–H and O–H groups in total. The van der Waals surface area contributed by atoms with Crippen LogP contribution in [0.2, 0.25) is 0 Å². The number of aliphatic hydroxyl groups excluding tert-OH is 1. The number of benzene rings is 1. The molecule has 0 bridgehead atoms. The van der Waals surface area contributed by atoms with Gasteiger partial charge in [0.15, 0.2) is 6.61 Å². The second kappa shape index (κ2) is 8.04. The fraction of sp³-hybridized carbons (Fsp3) is 0.389. The van der Waals surface area contributed by atoms with Gasteiger partial charge in [-0.1, -0.05) is 18.2 Å². The van der Waals surface area contributed by atoms with Gasteiger partial charge in [0, 0.05) is 49.7 Å². The molecule has 0 amide bonds. The fourth-order valence-corrected chi connectivity index (χ4v) is 3.13. The number of hydrogen-bond donors (Lipinski definition) is 2. The predicted molar refractivity (Wildman–Crippen MR) is 90.1 cm³/mol. The van der Waals surface area contributed by atoms with Gasteiger partial charge in [-0.15, -0.1) is 0 Å². The van der Waals surface area contributed by atoms with E-state index in [1.807, 2.05) is 18.2 Å². The van der Waals surface area contributed by atoms with E-state index in [-0.39, 0.29) is 12.5 Å². The lowest BCUT2D eigenvalue weighted by Crippen LogP contribution is -2.22. The van der Waals surface area contributed by atoms with Gasteiger partial charge < -0.3 is 14.9 Å². The first-order valence-corrected chi connectivity index (χ1v) is 8.19. The molecule has 7 heteroatoms. The molecule has 2 atom stereocenters. The zero-order valence-electron chi connectivity index (χ0n) is 13.8. The van der Waals surface area contributed by atoms with E-state index >= 15 is 0 Å². The summed E-state index contributed by atoms with van der Waals surface area (Å²) in [4.78, 5) is 21.2. The van der Waals surface area contributed by atoms with Crippen LogP contribution in [0.5, 0.6) is 5.75 Å². The minimum atomic E-state index is -1.00. The predicted octanol–water partition coefficient (Wildman–Crippen LogP) is 0.975. The molecule has 2 heterocycles. The molecule has 1 aliphatic heterocycles. The van der Waals surface area contributed by atoms with Crippen LogP contribution in [-0.2, 0) is 17.8 Å². The van der Waals surface area contributed by atoms with Crippen molar-refractivity contribution in [3.05, 3.63) is 54.1 Å². The van der Waals surface area contributed by atoms with Gasteiger partial charge in [-0.2, -0.15) is 0 Å². The average molecular weight is 343 g/mol. The zero-order chi connectivity index (χ0) is 17.6. The van der Waals surface area contributed by atoms with Crippen LogP contribution >= 0.6 is 0 Å². The van der Waals surface area contributed by atoms with E-state index in [1.54, 1.807) is 24.7 Å². The van der Waals surface area contributed by atoms with Crippen molar-refractivity contribution in [2.45, 2.75) is 19.1 Å². The summed E-state index contributed by atoms with van der Waals surface area (Å²) in [6.45, 7) is 1.54. The number of hydrogen-bond acceptors (Lipinski definition) is 6. The number of carbonyl (C=O) groups is 1. The van der Waals surface area contributed by atoms with E-state index in [0.717, 1.165) is 17.8 Å². The highest BCUT2D eigenvalue weighted by Gasteiger charge is 2.31. The Hall–Kier alpha value is -2.51. The number of likely N-dealkylation sites (tertiary alicyclic amines) is 1. The average Bonchev–Trinajstić information content (AvgIpc) is 2.94. The summed E-state index contributed by atoms with van der Waals surface area (Å²) >= 11 is 0. The van der Waals surface area contributed by atoms with E-state index < -0.39 is 12.1 Å². The molecule has 0 spiro atoms. The fourth-order valence-electron chi connectivity index (χ4n) is 3.13. The van der Waals surface area contributed by atoms with E-state index in [9.17, 15) is 9.90 Å². The summed E-state index contributed by atoms with van der Waals surface area (Å²) in [5, 5.41) is 19.1. The van der Waals surface area contributed by atoms with Crippen molar-refractivity contribution in [3.8, 4) is 5.75 Å². The molecule has 1 fully saturated rings. The number of β-amino-alcohol motifs (C(OH)–C–C–N with tert-alkyl or cyclic N) is 1. The third-order valence-electron chi connectivity index (χ3n) is 4.29. The summed E-state index contributed by atoms with van der Waals surface area (Å²) in [6, 6.07) is 7.39. The van der Waals surface area contributed by atoms with Gasteiger partial charge in [0.05, 0.1) is 11.8 Å². The van der Waals surface area contributed by atoms with Crippen LogP contribution in [0.4, 0.5) is 0 Å². The van der Waals surface area contributed by atoms with Gasteiger partial charge in [-0.25, -0.2) is 4.79 Å². The van der Waals surface area contributed by atoms with Gasteiger partial charge >= 0.3 is 5.97 Å². The van der Waals surface area contributed by atoms with Crippen LogP contribution in [0.3, 0.4) is 0 Å². The third kappa shape index (κ3) is 4.74. The summed E-state index contributed by atoms with van der Waals surface area (Å²) in [6.07, 6.45) is 5.28. The first-order valence-electron chi connectivity index (χ1n) is 8.19. The molecular weight excluding hydrogens is 322 g/mol. The minimum Gasteiger partial charge on any atom is -0.482 e. The van der Waals surface area contributed by atoms with Crippen LogP contribution in [0, 0.1) is 5.92 Å². The van der Waals surface area contributed by atoms with E-state index in [0.29, 0.717) is 25.3 Å². The van der Waals surface area contributed by atoms with Gasteiger partial charge in [-0.05, 0) is 12.5 Å². The Balaban J connectivity index is 1.61. The smallest absolute Gasteiger partial charge is 0.341 e. The molecule has 0 saturated carbocycles. The van der Waals surface area contributed by atoms with Crippen molar-refractivity contribution in [2.24, 2.45) is 5.92 Å². The third-order valence-corrected chi connectivity index (χ3v) is 4.29. The Bertz CT molecular complexity index is 710. The minimum absolute atomic E-state index is 0.101. The van der Waals surface area contributed by atoms with Gasteiger partial charge in [-0.3, -0.25) is 14.9 Å². The molecule has 132 valence electrons.